The minimum absolute atomic E-state index is 0.0198. The van der Waals surface area contributed by atoms with Gasteiger partial charge in [0.2, 0.25) is 0 Å². The zero-order valence-electron chi connectivity index (χ0n) is 14.0. The lowest BCUT2D eigenvalue weighted by atomic mass is 10.1. The van der Waals surface area contributed by atoms with Gasteiger partial charge in [0.15, 0.2) is 6.67 Å². The van der Waals surface area contributed by atoms with Crippen LogP contribution in [0.5, 0.6) is 11.5 Å². The van der Waals surface area contributed by atoms with E-state index in [2.05, 4.69) is 5.32 Å². The maximum Gasteiger partial charge on any atom is 0.341 e. The number of nitrogens with one attached hydrogen (secondary N) is 1. The normalized spacial score (nSPS) is 11.0. The molecule has 0 saturated heterocycles. The van der Waals surface area contributed by atoms with E-state index in [9.17, 15) is 17.6 Å². The number of hydrogen-bond acceptors (Lipinski definition) is 5. The first-order chi connectivity index (χ1) is 11.8. The Kier molecular flexibility index (Phi) is 5.63. The number of ether oxygens (including phenoxy) is 1. The zero-order valence-corrected chi connectivity index (χ0v) is 14.8. The molecule has 2 rings (SSSR count). The monoisotopic (exact) mass is 367 g/mol. The smallest absolute Gasteiger partial charge is 0.341 e. The van der Waals surface area contributed by atoms with Crippen LogP contribution in [0.4, 0.5) is 10.1 Å². The molecule has 2 aromatic carbocycles. The van der Waals surface area contributed by atoms with Gasteiger partial charge in [0, 0.05) is 0 Å². The number of rotatable bonds is 6. The van der Waals surface area contributed by atoms with Crippen molar-refractivity contribution >= 4 is 21.7 Å². The third-order valence-corrected chi connectivity index (χ3v) is 4.78. The van der Waals surface area contributed by atoms with Crippen LogP contribution in [-0.2, 0) is 14.9 Å². The first kappa shape index (κ1) is 18.7. The molecular formula is C17H18FNO5S. The van der Waals surface area contributed by atoms with Gasteiger partial charge in [-0.1, -0.05) is 6.07 Å². The Morgan fingerprint density at radius 2 is 1.72 bits per heavy atom. The second kappa shape index (κ2) is 7.52. The largest absolute Gasteiger partial charge is 0.497 e. The van der Waals surface area contributed by atoms with Gasteiger partial charge in [-0.05, 0) is 55.3 Å². The molecule has 0 heterocycles. The Labute approximate surface area is 145 Å². The maximum atomic E-state index is 12.7. The highest BCUT2D eigenvalue weighted by Crippen LogP contribution is 2.30. The Morgan fingerprint density at radius 1 is 1.12 bits per heavy atom. The Hall–Kier alpha value is -2.61. The van der Waals surface area contributed by atoms with E-state index in [1.165, 1.54) is 25.3 Å². The SMILES string of the molecule is COc1ccc(OS(=O)(=O)c2c(C)cc(C)cc2NC(=O)CF)cc1. The molecule has 134 valence electrons. The first-order valence-corrected chi connectivity index (χ1v) is 8.73. The fourth-order valence-corrected chi connectivity index (χ4v) is 3.64. The number of hydrogen-bond donors (Lipinski definition) is 1. The van der Waals surface area contributed by atoms with Gasteiger partial charge in [-0.15, -0.1) is 0 Å². The van der Waals surface area contributed by atoms with Crippen molar-refractivity contribution in [2.24, 2.45) is 0 Å². The van der Waals surface area contributed by atoms with Gasteiger partial charge in [0.05, 0.1) is 12.8 Å². The van der Waals surface area contributed by atoms with Crippen molar-refractivity contribution in [2.45, 2.75) is 18.7 Å². The van der Waals surface area contributed by atoms with Gasteiger partial charge >= 0.3 is 10.1 Å². The van der Waals surface area contributed by atoms with Gasteiger partial charge in [0.25, 0.3) is 5.91 Å². The summed E-state index contributed by atoms with van der Waals surface area (Å²) in [5, 5.41) is 2.26. The summed E-state index contributed by atoms with van der Waals surface area (Å²) in [5.41, 5.74) is 1.08. The lowest BCUT2D eigenvalue weighted by Gasteiger charge is -2.15. The second-order valence-electron chi connectivity index (χ2n) is 5.35. The van der Waals surface area contributed by atoms with Crippen LogP contribution in [0.25, 0.3) is 0 Å². The van der Waals surface area contributed by atoms with Crippen molar-refractivity contribution in [3.8, 4) is 11.5 Å². The van der Waals surface area contributed by atoms with Crippen molar-refractivity contribution in [3.05, 3.63) is 47.5 Å². The van der Waals surface area contributed by atoms with Crippen LogP contribution in [0, 0.1) is 13.8 Å². The van der Waals surface area contributed by atoms with Crippen LogP contribution in [0.3, 0.4) is 0 Å². The molecule has 0 aliphatic heterocycles. The summed E-state index contributed by atoms with van der Waals surface area (Å²) in [6.45, 7) is 2.05. The highest BCUT2D eigenvalue weighted by Gasteiger charge is 2.25. The number of carbonyl (C=O) groups excluding carboxylic acids is 1. The van der Waals surface area contributed by atoms with Crippen LogP contribution in [0.1, 0.15) is 11.1 Å². The van der Waals surface area contributed by atoms with Crippen molar-refractivity contribution in [2.75, 3.05) is 19.1 Å². The van der Waals surface area contributed by atoms with Crippen molar-refractivity contribution in [3.63, 3.8) is 0 Å². The topological polar surface area (TPSA) is 81.7 Å². The molecule has 0 aliphatic rings. The fraction of sp³-hybridized carbons (Fsp3) is 0.235. The summed E-state index contributed by atoms with van der Waals surface area (Å²) in [6.07, 6.45) is 0. The van der Waals surface area contributed by atoms with E-state index in [1.807, 2.05) is 0 Å². The minimum atomic E-state index is -4.24. The quantitative estimate of drug-likeness (QED) is 0.794. The van der Waals surface area contributed by atoms with Crippen molar-refractivity contribution in [1.82, 2.24) is 0 Å². The average molecular weight is 367 g/mol. The molecule has 0 unspecified atom stereocenters. The van der Waals surface area contributed by atoms with E-state index < -0.39 is 22.7 Å². The molecule has 0 spiro atoms. The van der Waals surface area contributed by atoms with Gasteiger partial charge in [0.1, 0.15) is 16.4 Å². The first-order valence-electron chi connectivity index (χ1n) is 7.32. The van der Waals surface area contributed by atoms with E-state index in [4.69, 9.17) is 8.92 Å². The number of alkyl halides is 1. The average Bonchev–Trinajstić information content (AvgIpc) is 2.54. The predicted molar refractivity (Wildman–Crippen MR) is 91.3 cm³/mol. The molecule has 0 atom stereocenters. The number of anilines is 1. The summed E-state index contributed by atoms with van der Waals surface area (Å²) in [4.78, 5) is 11.2. The molecule has 0 radical (unpaired) electrons. The lowest BCUT2D eigenvalue weighted by molar-refractivity contribution is -0.117. The maximum absolute atomic E-state index is 12.7. The molecule has 1 N–H and O–H groups in total. The van der Waals surface area contributed by atoms with Gasteiger partial charge in [-0.3, -0.25) is 4.79 Å². The van der Waals surface area contributed by atoms with E-state index in [1.54, 1.807) is 32.0 Å². The Morgan fingerprint density at radius 3 is 2.28 bits per heavy atom. The molecule has 6 nitrogen and oxygen atoms in total. The number of aryl methyl sites for hydroxylation is 2. The van der Waals surface area contributed by atoms with E-state index >= 15 is 0 Å². The number of amides is 1. The number of benzene rings is 2. The zero-order chi connectivity index (χ0) is 18.6. The van der Waals surface area contributed by atoms with E-state index in [0.29, 0.717) is 11.3 Å². The van der Waals surface area contributed by atoms with Crippen LogP contribution in [0.15, 0.2) is 41.3 Å². The number of halogens is 1. The molecule has 2 aromatic rings. The molecule has 25 heavy (non-hydrogen) atoms. The third kappa shape index (κ3) is 4.48. The molecule has 0 bridgehead atoms. The summed E-state index contributed by atoms with van der Waals surface area (Å²) in [7, 11) is -2.75. The highest BCUT2D eigenvalue weighted by molar-refractivity contribution is 7.87. The molecular weight excluding hydrogens is 349 g/mol. The van der Waals surface area contributed by atoms with Crippen molar-refractivity contribution < 1.29 is 26.5 Å². The highest BCUT2D eigenvalue weighted by atomic mass is 32.2. The van der Waals surface area contributed by atoms with Crippen LogP contribution < -0.4 is 14.2 Å². The summed E-state index contributed by atoms with van der Waals surface area (Å²) in [6, 6.07) is 9.08. The summed E-state index contributed by atoms with van der Waals surface area (Å²) >= 11 is 0. The molecule has 1 amide bonds. The molecule has 0 aliphatic carbocycles. The standard InChI is InChI=1S/C17H18FNO5S/c1-11-8-12(2)17(15(9-11)19-16(20)10-18)25(21,22)24-14-6-4-13(23-3)5-7-14/h4-9H,10H2,1-3H3,(H,19,20). The van der Waals surface area contributed by atoms with Crippen molar-refractivity contribution in [1.29, 1.82) is 0 Å². The molecule has 8 heteroatoms. The third-order valence-electron chi connectivity index (χ3n) is 3.33. The van der Waals surface area contributed by atoms with E-state index in [0.717, 1.165) is 5.56 Å². The summed E-state index contributed by atoms with van der Waals surface area (Å²) < 4.78 is 48.0. The van der Waals surface area contributed by atoms with Crippen LogP contribution in [0.2, 0.25) is 0 Å². The Balaban J connectivity index is 2.44. The van der Waals surface area contributed by atoms with Crippen LogP contribution in [-0.4, -0.2) is 28.1 Å². The molecule has 0 aromatic heterocycles. The van der Waals surface area contributed by atoms with Gasteiger partial charge in [-0.25, -0.2) is 4.39 Å². The van der Waals surface area contributed by atoms with Gasteiger partial charge in [-0.2, -0.15) is 8.42 Å². The van der Waals surface area contributed by atoms with Gasteiger partial charge < -0.3 is 14.2 Å². The lowest BCUT2D eigenvalue weighted by Crippen LogP contribution is -2.19. The Bertz CT molecular complexity index is 879. The second-order valence-corrected chi connectivity index (χ2v) is 6.84. The fourth-order valence-electron chi connectivity index (χ4n) is 2.36. The minimum Gasteiger partial charge on any atom is -0.497 e. The molecule has 0 saturated carbocycles. The number of carbonyl (C=O) groups is 1. The van der Waals surface area contributed by atoms with Crippen LogP contribution >= 0.6 is 0 Å². The predicted octanol–water partition coefficient (Wildman–Crippen LogP) is 2.99. The molecule has 0 fully saturated rings. The summed E-state index contributed by atoms with van der Waals surface area (Å²) in [5.74, 6) is -0.304. The number of methoxy groups -OCH3 is 1. The van der Waals surface area contributed by atoms with E-state index in [-0.39, 0.29) is 16.3 Å².